The molecule has 0 aliphatic heterocycles. The number of nitrogens with two attached hydrogens (primary N) is 1. The number of carboxylic acids is 1. The van der Waals surface area contributed by atoms with Crippen molar-refractivity contribution in [3.8, 4) is 11.1 Å². The van der Waals surface area contributed by atoms with E-state index in [2.05, 4.69) is 4.98 Å². The van der Waals surface area contributed by atoms with Gasteiger partial charge in [-0.2, -0.15) is 0 Å². The Balaban J connectivity index is 2.22. The number of pyridine rings is 1. The van der Waals surface area contributed by atoms with Gasteiger partial charge in [-0.15, -0.1) is 0 Å². The molecule has 0 saturated carbocycles. The number of carbonyl (C=O) groups is 1. The summed E-state index contributed by atoms with van der Waals surface area (Å²) in [5.74, 6) is -1.02. The van der Waals surface area contributed by atoms with Crippen LogP contribution in [0.5, 0.6) is 0 Å². The van der Waals surface area contributed by atoms with Crippen molar-refractivity contribution in [1.29, 1.82) is 0 Å². The van der Waals surface area contributed by atoms with Crippen molar-refractivity contribution in [3.63, 3.8) is 0 Å². The van der Waals surface area contributed by atoms with E-state index in [1.165, 1.54) is 13.8 Å². The number of hydrogen-bond acceptors (Lipinski definition) is 3. The fourth-order valence-corrected chi connectivity index (χ4v) is 2.11. The van der Waals surface area contributed by atoms with E-state index in [0.717, 1.165) is 16.7 Å². The molecule has 1 heterocycles. The molecule has 0 fully saturated rings. The molecule has 1 aromatic heterocycles. The van der Waals surface area contributed by atoms with Crippen LogP contribution in [0.3, 0.4) is 0 Å². The lowest BCUT2D eigenvalue weighted by Crippen LogP contribution is -2.32. The highest BCUT2D eigenvalue weighted by atomic mass is 19.1. The van der Waals surface area contributed by atoms with Crippen LogP contribution in [0.2, 0.25) is 0 Å². The van der Waals surface area contributed by atoms with Crippen molar-refractivity contribution < 1.29 is 14.3 Å². The molecule has 0 unspecified atom stereocenters. The number of hydrogen-bond donors (Lipinski definition) is 2. The minimum Gasteiger partial charge on any atom is -0.480 e. The fourth-order valence-electron chi connectivity index (χ4n) is 2.11. The standard InChI is InChI=1S/C17H19FN2O2/c1-17(2,18)15-10-13(7-8-20-15)12-5-3-11(4-6-12)9-14(19)16(21)22/h3-8,10,14H,9,19H2,1-2H3,(H,21,22)/t14-/m0/s1. The van der Waals surface area contributed by atoms with E-state index >= 15 is 0 Å². The number of nitrogens with zero attached hydrogens (tertiary/aromatic N) is 1. The largest absolute Gasteiger partial charge is 0.480 e. The van der Waals surface area contributed by atoms with Crippen LogP contribution in [0, 0.1) is 0 Å². The first-order chi connectivity index (χ1) is 10.3. The predicted molar refractivity (Wildman–Crippen MR) is 83.1 cm³/mol. The first-order valence-electron chi connectivity index (χ1n) is 7.00. The molecule has 2 rings (SSSR count). The van der Waals surface area contributed by atoms with E-state index in [9.17, 15) is 9.18 Å². The Morgan fingerprint density at radius 3 is 2.45 bits per heavy atom. The molecule has 0 aliphatic rings. The molecule has 1 aromatic carbocycles. The van der Waals surface area contributed by atoms with Gasteiger partial charge >= 0.3 is 5.97 Å². The van der Waals surface area contributed by atoms with E-state index in [-0.39, 0.29) is 6.42 Å². The SMILES string of the molecule is CC(C)(F)c1cc(-c2ccc(C[C@H](N)C(=O)O)cc2)ccn1. The average molecular weight is 302 g/mol. The van der Waals surface area contributed by atoms with Crippen molar-refractivity contribution >= 4 is 5.97 Å². The molecule has 0 bridgehead atoms. The third-order valence-electron chi connectivity index (χ3n) is 3.43. The molecule has 116 valence electrons. The summed E-state index contributed by atoms with van der Waals surface area (Å²) >= 11 is 0. The number of carboxylic acid groups (broad SMARTS) is 1. The van der Waals surface area contributed by atoms with Gasteiger partial charge in [0.2, 0.25) is 0 Å². The highest BCUT2D eigenvalue weighted by molar-refractivity contribution is 5.73. The maximum Gasteiger partial charge on any atom is 0.320 e. The molecular formula is C17H19FN2O2. The van der Waals surface area contributed by atoms with E-state index in [4.69, 9.17) is 10.8 Å². The molecule has 0 amide bonds. The van der Waals surface area contributed by atoms with Gasteiger partial charge < -0.3 is 10.8 Å². The fraction of sp³-hybridized carbons (Fsp3) is 0.294. The summed E-state index contributed by atoms with van der Waals surface area (Å²) < 4.78 is 14.0. The first-order valence-corrected chi connectivity index (χ1v) is 7.00. The normalized spacial score (nSPS) is 12.9. The third-order valence-corrected chi connectivity index (χ3v) is 3.43. The Morgan fingerprint density at radius 1 is 1.27 bits per heavy atom. The third kappa shape index (κ3) is 3.89. The minimum atomic E-state index is -1.50. The zero-order valence-corrected chi connectivity index (χ0v) is 12.6. The lowest BCUT2D eigenvalue weighted by molar-refractivity contribution is -0.138. The van der Waals surface area contributed by atoms with Crippen molar-refractivity contribution in [2.24, 2.45) is 5.73 Å². The molecule has 1 atom stereocenters. The van der Waals surface area contributed by atoms with Gasteiger partial charge in [-0.1, -0.05) is 24.3 Å². The Bertz CT molecular complexity index is 663. The lowest BCUT2D eigenvalue weighted by Gasteiger charge is -2.14. The molecule has 5 heteroatoms. The van der Waals surface area contributed by atoms with Crippen LogP contribution in [-0.4, -0.2) is 22.1 Å². The van der Waals surface area contributed by atoms with Gasteiger partial charge in [-0.3, -0.25) is 9.78 Å². The quantitative estimate of drug-likeness (QED) is 0.890. The Kier molecular flexibility index (Phi) is 4.56. The Labute approximate surface area is 128 Å². The summed E-state index contributed by atoms with van der Waals surface area (Å²) in [5, 5.41) is 8.82. The smallest absolute Gasteiger partial charge is 0.320 e. The number of aliphatic carboxylic acids is 1. The first kappa shape index (κ1) is 16.1. The van der Waals surface area contributed by atoms with Gasteiger partial charge in [-0.25, -0.2) is 4.39 Å². The van der Waals surface area contributed by atoms with Crippen LogP contribution in [0.1, 0.15) is 25.1 Å². The summed E-state index contributed by atoms with van der Waals surface area (Å²) in [5.41, 5.74) is 7.03. The number of halogens is 1. The second-order valence-corrected chi connectivity index (χ2v) is 5.75. The molecule has 0 spiro atoms. The summed E-state index contributed by atoms with van der Waals surface area (Å²) in [6.45, 7) is 2.94. The van der Waals surface area contributed by atoms with Gasteiger partial charge in [0.1, 0.15) is 11.7 Å². The summed E-state index contributed by atoms with van der Waals surface area (Å²) in [6.07, 6.45) is 1.86. The van der Waals surface area contributed by atoms with Gasteiger partial charge in [0.15, 0.2) is 0 Å². The summed E-state index contributed by atoms with van der Waals surface area (Å²) in [4.78, 5) is 14.8. The molecule has 3 N–H and O–H groups in total. The zero-order chi connectivity index (χ0) is 16.3. The van der Waals surface area contributed by atoms with Gasteiger partial charge in [0.25, 0.3) is 0 Å². The molecule has 0 radical (unpaired) electrons. The molecule has 0 aliphatic carbocycles. The predicted octanol–water partition coefficient (Wildman–Crippen LogP) is 2.91. The number of aromatic nitrogens is 1. The highest BCUT2D eigenvalue weighted by Crippen LogP contribution is 2.27. The maximum absolute atomic E-state index is 14.0. The zero-order valence-electron chi connectivity index (χ0n) is 12.6. The van der Waals surface area contributed by atoms with E-state index < -0.39 is 17.7 Å². The van der Waals surface area contributed by atoms with E-state index in [0.29, 0.717) is 5.69 Å². The van der Waals surface area contributed by atoms with Crippen molar-refractivity contribution in [2.75, 3.05) is 0 Å². The van der Waals surface area contributed by atoms with Crippen LogP contribution < -0.4 is 5.73 Å². The number of alkyl halides is 1. The van der Waals surface area contributed by atoms with Crippen LogP contribution >= 0.6 is 0 Å². The number of benzene rings is 1. The van der Waals surface area contributed by atoms with Crippen LogP contribution in [0.4, 0.5) is 4.39 Å². The number of rotatable bonds is 5. The minimum absolute atomic E-state index is 0.273. The van der Waals surface area contributed by atoms with Gasteiger partial charge in [-0.05, 0) is 49.1 Å². The monoisotopic (exact) mass is 302 g/mol. The Morgan fingerprint density at radius 2 is 1.91 bits per heavy atom. The highest BCUT2D eigenvalue weighted by Gasteiger charge is 2.20. The van der Waals surface area contributed by atoms with Gasteiger partial charge in [0.05, 0.1) is 5.69 Å². The second kappa shape index (κ2) is 6.23. The maximum atomic E-state index is 14.0. The van der Waals surface area contributed by atoms with Crippen LogP contribution in [-0.2, 0) is 16.9 Å². The summed E-state index contributed by atoms with van der Waals surface area (Å²) in [7, 11) is 0. The topological polar surface area (TPSA) is 76.2 Å². The summed E-state index contributed by atoms with van der Waals surface area (Å²) in [6, 6.07) is 10.0. The van der Waals surface area contributed by atoms with E-state index in [1.807, 2.05) is 30.3 Å². The van der Waals surface area contributed by atoms with Crippen molar-refractivity contribution in [3.05, 3.63) is 53.9 Å². The van der Waals surface area contributed by atoms with Crippen LogP contribution in [0.15, 0.2) is 42.6 Å². The average Bonchev–Trinajstić information content (AvgIpc) is 2.47. The molecule has 22 heavy (non-hydrogen) atoms. The van der Waals surface area contributed by atoms with Crippen molar-refractivity contribution in [1.82, 2.24) is 4.98 Å². The molecule has 0 saturated heterocycles. The molecule has 2 aromatic rings. The second-order valence-electron chi connectivity index (χ2n) is 5.75. The lowest BCUT2D eigenvalue weighted by atomic mass is 9.98. The molecular weight excluding hydrogens is 283 g/mol. The van der Waals surface area contributed by atoms with E-state index in [1.54, 1.807) is 12.3 Å². The van der Waals surface area contributed by atoms with Gasteiger partial charge in [0, 0.05) is 6.20 Å². The molecule has 4 nitrogen and oxygen atoms in total. The Hall–Kier alpha value is -2.27. The van der Waals surface area contributed by atoms with Crippen LogP contribution in [0.25, 0.3) is 11.1 Å². The van der Waals surface area contributed by atoms with Crippen molar-refractivity contribution in [2.45, 2.75) is 32.0 Å².